The molecule has 0 aromatic carbocycles. The first-order valence-corrected chi connectivity index (χ1v) is 3.23. The molecule has 0 saturated carbocycles. The number of carboxylic acids is 1. The van der Waals surface area contributed by atoms with Crippen molar-refractivity contribution in [3.05, 3.63) is 4.91 Å². The van der Waals surface area contributed by atoms with Gasteiger partial charge in [0.2, 0.25) is 5.91 Å². The molecule has 1 amide bonds. The van der Waals surface area contributed by atoms with Crippen molar-refractivity contribution in [1.29, 1.82) is 0 Å². The molecule has 0 radical (unpaired) electrons. The molecule has 1 aliphatic rings. The van der Waals surface area contributed by atoms with Crippen molar-refractivity contribution >= 4 is 17.9 Å². The number of halogens is 2. The quantitative estimate of drug-likeness (QED) is 0.198. The summed E-state index contributed by atoms with van der Waals surface area (Å²) in [5.41, 5.74) is 0. The maximum Gasteiger partial charge on any atom is 4.00 e. The van der Waals surface area contributed by atoms with Gasteiger partial charge in [0, 0.05) is 0 Å². The molecule has 11 nitrogen and oxygen atoms in total. The van der Waals surface area contributed by atoms with Gasteiger partial charge in [-0.3, -0.25) is 9.79 Å². The first-order valence-electron chi connectivity index (χ1n) is 3.23. The van der Waals surface area contributed by atoms with E-state index in [-0.39, 0.29) is 64.6 Å². The minimum atomic E-state index is -1.51. The number of carbonyl (C=O) groups is 2. The minimum absolute atomic E-state index is 0. The summed E-state index contributed by atoms with van der Waals surface area (Å²) in [6.07, 6.45) is -0.325. The number of aliphatic imine (C=N–C) groups is 1. The first kappa shape index (κ1) is 36.1. The molecular formula is C5H11Cl2N5O6Pt. The molecule has 0 fully saturated rings. The fourth-order valence-corrected chi connectivity index (χ4v) is 0.701. The number of aliphatic carboxylic acids is 1. The van der Waals surface area contributed by atoms with Gasteiger partial charge < -0.3 is 62.6 Å². The van der Waals surface area contributed by atoms with Crippen LogP contribution >= 0.6 is 0 Å². The summed E-state index contributed by atoms with van der Waals surface area (Å²) >= 11 is 0. The Morgan fingerprint density at radius 3 is 2.05 bits per heavy atom. The molecule has 0 aromatic heterocycles. The van der Waals surface area contributed by atoms with E-state index in [1.807, 2.05) is 5.32 Å². The third-order valence-electron chi connectivity index (χ3n) is 1.17. The molecule has 116 valence electrons. The predicted molar refractivity (Wildman–Crippen MR) is 46.6 cm³/mol. The van der Waals surface area contributed by atoms with Crippen molar-refractivity contribution in [2.24, 2.45) is 10.3 Å². The summed E-state index contributed by atoms with van der Waals surface area (Å²) in [7, 11) is 0. The van der Waals surface area contributed by atoms with Gasteiger partial charge in [-0.15, -0.1) is 4.91 Å². The zero-order valence-electron chi connectivity index (χ0n) is 9.15. The molecule has 0 bridgehead atoms. The number of rotatable bonds is 1. The van der Waals surface area contributed by atoms with Gasteiger partial charge in [-0.2, -0.15) is 0 Å². The molecule has 19 heavy (non-hydrogen) atoms. The van der Waals surface area contributed by atoms with E-state index in [4.69, 9.17) is 10.1 Å². The Balaban J connectivity index is -0.0000000487. The van der Waals surface area contributed by atoms with Crippen LogP contribution in [0.4, 0.5) is 0 Å². The summed E-state index contributed by atoms with van der Waals surface area (Å²) < 4.78 is 0. The smallest absolute Gasteiger partial charge is 1.00 e. The first-order chi connectivity index (χ1) is 6.51. The summed E-state index contributed by atoms with van der Waals surface area (Å²) in [5.74, 6) is -2.15. The molecular weight excluding hydrogens is 492 g/mol. The van der Waals surface area contributed by atoms with Gasteiger partial charge in [0.25, 0.3) is 0 Å². The topological polar surface area (TPSA) is 224 Å². The van der Waals surface area contributed by atoms with Crippen LogP contribution < -0.4 is 52.6 Å². The average molecular weight is 503 g/mol. The number of hydrogen-bond donors (Lipinski definition) is 4. The van der Waals surface area contributed by atoms with Crippen LogP contribution in [0.25, 0.3) is 0 Å². The van der Waals surface area contributed by atoms with Crippen molar-refractivity contribution < 1.29 is 70.9 Å². The standard InChI is InChI=1S/C5H6N2O4.2ClH.HNO2.2H3N.Pt/c8-3-1-2(4(9)10)6-5(11)7-3;;;2-1-3;;;/h2H,1H2,(H,9,10)(H2,6,7,8,11);2*1H;(H,2,3);2*1H3;/q;;;;;;+4/p-4. The SMILES string of the molecule is N.N.O=C1CC(C(=O)[O-])N=C([O-])N1.O=NO.[Cl-].[Cl-].[Pt+4]. The maximum absolute atomic E-state index is 10.5. The molecule has 1 unspecified atom stereocenters. The van der Waals surface area contributed by atoms with Gasteiger partial charge >= 0.3 is 21.1 Å². The van der Waals surface area contributed by atoms with Crippen LogP contribution in [0.15, 0.2) is 10.3 Å². The summed E-state index contributed by atoms with van der Waals surface area (Å²) in [6.45, 7) is 0. The summed E-state index contributed by atoms with van der Waals surface area (Å²) in [5, 5.41) is 30.2. The van der Waals surface area contributed by atoms with E-state index in [9.17, 15) is 19.8 Å². The van der Waals surface area contributed by atoms with Gasteiger partial charge in [-0.05, 0) is 0 Å². The van der Waals surface area contributed by atoms with Crippen LogP contribution in [0.5, 0.6) is 0 Å². The van der Waals surface area contributed by atoms with E-state index < -0.39 is 23.9 Å². The molecule has 1 aliphatic heterocycles. The van der Waals surface area contributed by atoms with Crippen LogP contribution in [-0.2, 0) is 30.7 Å². The second-order valence-corrected chi connectivity index (χ2v) is 2.10. The van der Waals surface area contributed by atoms with Gasteiger partial charge in [0.1, 0.15) is 0 Å². The number of amidine groups is 1. The van der Waals surface area contributed by atoms with E-state index in [1.54, 1.807) is 0 Å². The van der Waals surface area contributed by atoms with Crippen molar-refractivity contribution in [3.8, 4) is 0 Å². The number of carboxylic acid groups (broad SMARTS) is 1. The van der Waals surface area contributed by atoms with Crippen LogP contribution in [0.1, 0.15) is 6.42 Å². The molecule has 0 saturated heterocycles. The van der Waals surface area contributed by atoms with Crippen LogP contribution in [0, 0.1) is 4.91 Å². The molecule has 0 aromatic rings. The van der Waals surface area contributed by atoms with E-state index >= 15 is 0 Å². The molecule has 1 heterocycles. The van der Waals surface area contributed by atoms with E-state index in [0.717, 1.165) is 0 Å². The van der Waals surface area contributed by atoms with E-state index in [0.29, 0.717) is 0 Å². The number of nitrogens with zero attached hydrogens (tertiary/aromatic N) is 2. The zero-order chi connectivity index (χ0) is 11.1. The largest absolute Gasteiger partial charge is 4.00 e. The number of carbonyl (C=O) groups excluding carboxylic acids is 2. The molecule has 1 atom stereocenters. The van der Waals surface area contributed by atoms with Gasteiger partial charge in [-0.25, -0.2) is 0 Å². The maximum atomic E-state index is 10.5. The average Bonchev–Trinajstić information content (AvgIpc) is 2.03. The minimum Gasteiger partial charge on any atom is -1.00 e. The van der Waals surface area contributed by atoms with Crippen LogP contribution in [0.3, 0.4) is 0 Å². The molecule has 1 rings (SSSR count). The zero-order valence-corrected chi connectivity index (χ0v) is 12.9. The van der Waals surface area contributed by atoms with E-state index in [2.05, 4.69) is 4.99 Å². The Morgan fingerprint density at radius 1 is 1.42 bits per heavy atom. The Morgan fingerprint density at radius 2 is 1.79 bits per heavy atom. The van der Waals surface area contributed by atoms with Gasteiger partial charge in [-0.1, -0.05) is 0 Å². The van der Waals surface area contributed by atoms with Crippen molar-refractivity contribution in [3.63, 3.8) is 0 Å². The fourth-order valence-electron chi connectivity index (χ4n) is 0.701. The van der Waals surface area contributed by atoms with Crippen LogP contribution in [0.2, 0.25) is 0 Å². The van der Waals surface area contributed by atoms with Gasteiger partial charge in [0.05, 0.1) is 24.5 Å². The van der Waals surface area contributed by atoms with Gasteiger partial charge in [0.15, 0.2) is 5.34 Å². The third-order valence-corrected chi connectivity index (χ3v) is 1.17. The monoisotopic (exact) mass is 502 g/mol. The molecule has 0 spiro atoms. The molecule has 14 heteroatoms. The van der Waals surface area contributed by atoms with E-state index in [1.165, 1.54) is 5.34 Å². The van der Waals surface area contributed by atoms with Crippen molar-refractivity contribution in [1.82, 2.24) is 17.6 Å². The second kappa shape index (κ2) is 19.3. The Bertz CT molecular complexity index is 293. The third kappa shape index (κ3) is 17.0. The number of hydrogen-bond acceptors (Lipinski definition) is 9. The molecule has 8 N–H and O–H groups in total. The number of amides is 1. The predicted octanol–water partition coefficient (Wildman–Crippen LogP) is -9.19. The second-order valence-electron chi connectivity index (χ2n) is 2.10. The Hall–Kier alpha value is -1.00. The summed E-state index contributed by atoms with van der Waals surface area (Å²) in [4.78, 5) is 31.8. The van der Waals surface area contributed by atoms with Crippen LogP contribution in [-0.4, -0.2) is 29.1 Å². The normalized spacial score (nSPS) is 14.4. The number of nitrogens with one attached hydrogen (secondary N) is 1. The van der Waals surface area contributed by atoms with Crippen molar-refractivity contribution in [2.45, 2.75) is 12.5 Å². The fraction of sp³-hybridized carbons (Fsp3) is 0.400. The Labute approximate surface area is 134 Å². The summed E-state index contributed by atoms with van der Waals surface area (Å²) in [6, 6.07) is -2.24. The Kier molecular flexibility index (Phi) is 36.8. The molecule has 0 aliphatic carbocycles. The van der Waals surface area contributed by atoms with Crippen molar-refractivity contribution in [2.75, 3.05) is 0 Å².